The zero-order valence-electron chi connectivity index (χ0n) is 13.2. The molecule has 3 aromatic heterocycles. The Balaban J connectivity index is 1.59. The van der Waals surface area contributed by atoms with Crippen molar-refractivity contribution in [2.45, 2.75) is 25.4 Å². The molecular weight excluding hydrogens is 304 g/mol. The summed E-state index contributed by atoms with van der Waals surface area (Å²) in [6.07, 6.45) is 10.7. The van der Waals surface area contributed by atoms with E-state index in [2.05, 4.69) is 20.3 Å². The summed E-state index contributed by atoms with van der Waals surface area (Å²) in [4.78, 5) is 19.0. The van der Waals surface area contributed by atoms with E-state index in [1.807, 2.05) is 34.0 Å². The number of likely N-dealkylation sites (tertiary alicyclic amines) is 1. The predicted molar refractivity (Wildman–Crippen MR) is 88.1 cm³/mol. The van der Waals surface area contributed by atoms with Crippen molar-refractivity contribution < 1.29 is 4.79 Å². The molecule has 1 fully saturated rings. The topological polar surface area (TPSA) is 79.7 Å². The van der Waals surface area contributed by atoms with Crippen LogP contribution < -0.4 is 0 Å². The van der Waals surface area contributed by atoms with E-state index in [-0.39, 0.29) is 11.9 Å². The summed E-state index contributed by atoms with van der Waals surface area (Å²) < 4.78 is 1.88. The third-order valence-electron chi connectivity index (χ3n) is 4.43. The molecule has 3 aromatic rings. The van der Waals surface area contributed by atoms with Crippen LogP contribution in [-0.2, 0) is 6.54 Å². The highest BCUT2D eigenvalue weighted by molar-refractivity contribution is 6.00. The molecule has 0 aliphatic carbocycles. The van der Waals surface area contributed by atoms with Gasteiger partial charge in [0.25, 0.3) is 5.91 Å². The van der Waals surface area contributed by atoms with Gasteiger partial charge in [0.2, 0.25) is 0 Å². The van der Waals surface area contributed by atoms with Crippen LogP contribution in [0.3, 0.4) is 0 Å². The number of aromatic amines is 1. The Kier molecular flexibility index (Phi) is 3.82. The Morgan fingerprint density at radius 1 is 1.29 bits per heavy atom. The minimum atomic E-state index is 0.0187. The molecule has 1 aliphatic heterocycles. The minimum absolute atomic E-state index is 0.0187. The summed E-state index contributed by atoms with van der Waals surface area (Å²) >= 11 is 0. The summed E-state index contributed by atoms with van der Waals surface area (Å²) in [5.74, 6) is 0.0187. The minimum Gasteiger partial charge on any atom is -0.334 e. The predicted octanol–water partition coefficient (Wildman–Crippen LogP) is 1.97. The first-order valence-corrected chi connectivity index (χ1v) is 8.05. The lowest BCUT2D eigenvalue weighted by atomic mass is 10.1. The van der Waals surface area contributed by atoms with Crippen LogP contribution >= 0.6 is 0 Å². The average molecular weight is 322 g/mol. The van der Waals surface area contributed by atoms with Gasteiger partial charge >= 0.3 is 0 Å². The van der Waals surface area contributed by atoms with E-state index in [0.717, 1.165) is 37.2 Å². The van der Waals surface area contributed by atoms with Crippen LogP contribution in [0.4, 0.5) is 0 Å². The highest BCUT2D eigenvalue weighted by Gasteiger charge is 2.31. The van der Waals surface area contributed by atoms with E-state index >= 15 is 0 Å². The maximum atomic E-state index is 13.1. The summed E-state index contributed by atoms with van der Waals surface area (Å²) in [6, 6.07) is 5.81. The van der Waals surface area contributed by atoms with Crippen LogP contribution in [0.25, 0.3) is 11.3 Å². The third kappa shape index (κ3) is 2.68. The third-order valence-corrected chi connectivity index (χ3v) is 4.43. The fourth-order valence-corrected chi connectivity index (χ4v) is 3.26. The van der Waals surface area contributed by atoms with Crippen molar-refractivity contribution in [2.75, 3.05) is 6.54 Å². The number of nitrogens with zero attached hydrogens (tertiary/aromatic N) is 5. The van der Waals surface area contributed by atoms with Crippen molar-refractivity contribution in [1.82, 2.24) is 29.9 Å². The van der Waals surface area contributed by atoms with Crippen molar-refractivity contribution in [2.24, 2.45) is 0 Å². The number of nitrogens with one attached hydrogen (secondary N) is 1. The van der Waals surface area contributed by atoms with Crippen LogP contribution in [0.2, 0.25) is 0 Å². The van der Waals surface area contributed by atoms with Crippen molar-refractivity contribution in [3.63, 3.8) is 0 Å². The highest BCUT2D eigenvalue weighted by Crippen LogP contribution is 2.26. The van der Waals surface area contributed by atoms with E-state index in [1.165, 1.54) is 0 Å². The molecule has 0 bridgehead atoms. The zero-order valence-corrected chi connectivity index (χ0v) is 13.2. The zero-order chi connectivity index (χ0) is 16.4. The van der Waals surface area contributed by atoms with E-state index in [1.54, 1.807) is 24.8 Å². The van der Waals surface area contributed by atoms with E-state index in [0.29, 0.717) is 5.56 Å². The molecule has 0 spiro atoms. The van der Waals surface area contributed by atoms with Gasteiger partial charge in [0.15, 0.2) is 0 Å². The van der Waals surface area contributed by atoms with Crippen LogP contribution in [-0.4, -0.2) is 48.4 Å². The van der Waals surface area contributed by atoms with Gasteiger partial charge < -0.3 is 4.90 Å². The molecule has 1 aliphatic rings. The molecule has 7 nitrogen and oxygen atoms in total. The van der Waals surface area contributed by atoms with Gasteiger partial charge in [-0.2, -0.15) is 10.2 Å². The number of amides is 1. The SMILES string of the molecule is O=C(c1cn[nH]c1-c1ccncc1)N1CCC[C@@H]1Cn1cccn1. The van der Waals surface area contributed by atoms with E-state index in [9.17, 15) is 4.79 Å². The molecule has 0 saturated carbocycles. The maximum Gasteiger partial charge on any atom is 0.258 e. The summed E-state index contributed by atoms with van der Waals surface area (Å²) in [7, 11) is 0. The van der Waals surface area contributed by atoms with Gasteiger partial charge in [-0.1, -0.05) is 0 Å². The monoisotopic (exact) mass is 322 g/mol. The van der Waals surface area contributed by atoms with Crippen LogP contribution in [0.1, 0.15) is 23.2 Å². The summed E-state index contributed by atoms with van der Waals surface area (Å²) in [6.45, 7) is 1.49. The van der Waals surface area contributed by atoms with Crippen molar-refractivity contribution in [3.05, 3.63) is 54.7 Å². The molecular formula is C17H18N6O. The van der Waals surface area contributed by atoms with Crippen molar-refractivity contribution in [3.8, 4) is 11.3 Å². The van der Waals surface area contributed by atoms with Crippen molar-refractivity contribution >= 4 is 5.91 Å². The molecule has 0 radical (unpaired) electrons. The number of H-pyrrole nitrogens is 1. The molecule has 4 rings (SSSR count). The lowest BCUT2D eigenvalue weighted by Crippen LogP contribution is -2.38. The second-order valence-electron chi connectivity index (χ2n) is 5.92. The number of hydrogen-bond acceptors (Lipinski definition) is 4. The normalized spacial score (nSPS) is 17.3. The van der Waals surface area contributed by atoms with Gasteiger partial charge in [0.1, 0.15) is 0 Å². The van der Waals surface area contributed by atoms with Gasteiger partial charge in [-0.15, -0.1) is 0 Å². The van der Waals surface area contributed by atoms with Crippen LogP contribution in [0.5, 0.6) is 0 Å². The molecule has 1 atom stereocenters. The molecule has 122 valence electrons. The Morgan fingerprint density at radius 2 is 2.17 bits per heavy atom. The first-order chi connectivity index (χ1) is 11.8. The first-order valence-electron chi connectivity index (χ1n) is 8.05. The summed E-state index contributed by atoms with van der Waals surface area (Å²) in [5, 5.41) is 11.3. The van der Waals surface area contributed by atoms with Crippen molar-refractivity contribution in [1.29, 1.82) is 0 Å². The van der Waals surface area contributed by atoms with Crippen LogP contribution in [0.15, 0.2) is 49.2 Å². The van der Waals surface area contributed by atoms with Gasteiger partial charge in [-0.25, -0.2) is 0 Å². The number of hydrogen-bond donors (Lipinski definition) is 1. The highest BCUT2D eigenvalue weighted by atomic mass is 16.2. The van der Waals surface area contributed by atoms with Crippen LogP contribution in [0, 0.1) is 0 Å². The Morgan fingerprint density at radius 3 is 2.96 bits per heavy atom. The number of pyridine rings is 1. The average Bonchev–Trinajstić information content (AvgIpc) is 3.37. The number of carbonyl (C=O) groups excluding carboxylic acids is 1. The Bertz CT molecular complexity index is 811. The van der Waals surface area contributed by atoms with Gasteiger partial charge in [0, 0.05) is 36.9 Å². The molecule has 7 heteroatoms. The largest absolute Gasteiger partial charge is 0.334 e. The molecule has 4 heterocycles. The molecule has 0 unspecified atom stereocenters. The first kappa shape index (κ1) is 14.6. The number of rotatable bonds is 4. The quantitative estimate of drug-likeness (QED) is 0.796. The summed E-state index contributed by atoms with van der Waals surface area (Å²) in [5.41, 5.74) is 2.26. The molecule has 0 aromatic carbocycles. The second-order valence-corrected chi connectivity index (χ2v) is 5.92. The maximum absolute atomic E-state index is 13.1. The Labute approximate surface area is 139 Å². The Hall–Kier alpha value is -2.96. The molecule has 1 N–H and O–H groups in total. The van der Waals surface area contributed by atoms with Gasteiger partial charge in [-0.05, 0) is 31.0 Å². The second kappa shape index (κ2) is 6.27. The van der Waals surface area contributed by atoms with Gasteiger partial charge in [-0.3, -0.25) is 19.6 Å². The van der Waals surface area contributed by atoms with E-state index in [4.69, 9.17) is 0 Å². The van der Waals surface area contributed by atoms with Gasteiger partial charge in [0.05, 0.1) is 30.0 Å². The number of carbonyl (C=O) groups is 1. The fraction of sp³-hybridized carbons (Fsp3) is 0.294. The van der Waals surface area contributed by atoms with E-state index < -0.39 is 0 Å². The lowest BCUT2D eigenvalue weighted by molar-refractivity contribution is 0.0722. The number of aromatic nitrogens is 5. The molecule has 1 amide bonds. The standard InChI is InChI=1S/C17H18N6O/c24-17(15-11-19-21-16(15)13-4-7-18-8-5-13)23-10-1-3-14(23)12-22-9-2-6-20-22/h2,4-9,11,14H,1,3,10,12H2,(H,19,21)/t14-/m1/s1. The smallest absolute Gasteiger partial charge is 0.258 e. The fourth-order valence-electron chi connectivity index (χ4n) is 3.26. The lowest BCUT2D eigenvalue weighted by Gasteiger charge is -2.24. The molecule has 24 heavy (non-hydrogen) atoms. The molecule has 1 saturated heterocycles.